The molecule has 0 aromatic carbocycles. The maximum Gasteiger partial charge on any atom is 0.0439 e. The van der Waals surface area contributed by atoms with E-state index in [1.165, 1.54) is 25.0 Å². The maximum atomic E-state index is 4.62. The summed E-state index contributed by atoms with van der Waals surface area (Å²) in [6.45, 7) is 2.32. The van der Waals surface area contributed by atoms with E-state index in [4.69, 9.17) is 0 Å². The van der Waals surface area contributed by atoms with Crippen molar-refractivity contribution in [1.29, 1.82) is 0 Å². The molecule has 2 bridgehead atoms. The normalized spacial score (nSPS) is 40.6. The lowest BCUT2D eigenvalue weighted by Gasteiger charge is -2.37. The van der Waals surface area contributed by atoms with E-state index in [-0.39, 0.29) is 0 Å². The van der Waals surface area contributed by atoms with Crippen molar-refractivity contribution in [3.8, 4) is 0 Å². The predicted octanol–water partition coefficient (Wildman–Crippen LogP) is 1.41. The highest BCUT2D eigenvalue weighted by Crippen LogP contribution is 2.36. The Morgan fingerprint density at radius 2 is 2.07 bits per heavy atom. The smallest absolute Gasteiger partial charge is 0.0439 e. The van der Waals surface area contributed by atoms with Gasteiger partial charge in [0.25, 0.3) is 0 Å². The van der Waals surface area contributed by atoms with E-state index in [0.29, 0.717) is 5.92 Å². The van der Waals surface area contributed by atoms with E-state index >= 15 is 0 Å². The van der Waals surface area contributed by atoms with Crippen LogP contribution >= 0.6 is 0 Å². The first-order valence-corrected chi connectivity index (χ1v) is 5.56. The van der Waals surface area contributed by atoms with Crippen molar-refractivity contribution in [3.63, 3.8) is 0 Å². The van der Waals surface area contributed by atoms with Gasteiger partial charge in [-0.05, 0) is 19.9 Å². The Kier molecular flexibility index (Phi) is 2.52. The van der Waals surface area contributed by atoms with Crippen LogP contribution in [0.25, 0.3) is 0 Å². The van der Waals surface area contributed by atoms with Crippen molar-refractivity contribution in [2.24, 2.45) is 11.0 Å². The highest BCUT2D eigenvalue weighted by molar-refractivity contribution is 5.88. The Morgan fingerprint density at radius 1 is 1.36 bits per heavy atom. The highest BCUT2D eigenvalue weighted by Gasteiger charge is 2.41. The molecule has 14 heavy (non-hydrogen) atoms. The first kappa shape index (κ1) is 9.97. The molecule has 0 N–H and O–H groups in total. The topological polar surface area (TPSA) is 18.8 Å². The number of piperidine rings is 1. The van der Waals surface area contributed by atoms with Crippen molar-refractivity contribution >= 4 is 5.71 Å². The zero-order valence-corrected chi connectivity index (χ0v) is 9.70. The van der Waals surface area contributed by atoms with E-state index in [1.54, 1.807) is 0 Å². The maximum absolute atomic E-state index is 4.62. The molecule has 0 aromatic heterocycles. The second-order valence-corrected chi connectivity index (χ2v) is 4.90. The largest absolute Gasteiger partial charge is 0.303 e. The van der Waals surface area contributed by atoms with Crippen LogP contribution < -0.4 is 0 Å². The Hall–Kier alpha value is -0.570. The van der Waals surface area contributed by atoms with Gasteiger partial charge in [-0.3, -0.25) is 4.90 Å². The van der Waals surface area contributed by atoms with Crippen molar-refractivity contribution in [2.75, 3.05) is 21.1 Å². The second kappa shape index (κ2) is 3.54. The molecule has 1 unspecified atom stereocenters. The van der Waals surface area contributed by atoms with Gasteiger partial charge < -0.3 is 5.01 Å². The van der Waals surface area contributed by atoms with Gasteiger partial charge in [-0.1, -0.05) is 6.92 Å². The van der Waals surface area contributed by atoms with Crippen LogP contribution in [0.4, 0.5) is 0 Å². The fourth-order valence-electron chi connectivity index (χ4n) is 2.93. The molecule has 0 aromatic rings. The van der Waals surface area contributed by atoms with Gasteiger partial charge >= 0.3 is 0 Å². The number of hydrogen-bond donors (Lipinski definition) is 0. The summed E-state index contributed by atoms with van der Waals surface area (Å²) >= 11 is 0. The summed E-state index contributed by atoms with van der Waals surface area (Å²) in [5, 5.41) is 6.56. The summed E-state index contributed by atoms with van der Waals surface area (Å²) in [5.74, 6) is 0.640. The van der Waals surface area contributed by atoms with Crippen molar-refractivity contribution in [3.05, 3.63) is 0 Å². The van der Waals surface area contributed by atoms with E-state index in [9.17, 15) is 0 Å². The van der Waals surface area contributed by atoms with Crippen LogP contribution in [-0.2, 0) is 0 Å². The van der Waals surface area contributed by atoms with Gasteiger partial charge in [0, 0.05) is 44.2 Å². The summed E-state index contributed by atoms with van der Waals surface area (Å²) in [7, 11) is 6.30. The third-order valence-corrected chi connectivity index (χ3v) is 3.77. The molecule has 80 valence electrons. The van der Waals surface area contributed by atoms with Crippen molar-refractivity contribution in [1.82, 2.24) is 9.91 Å². The lowest BCUT2D eigenvalue weighted by Crippen LogP contribution is -2.46. The van der Waals surface area contributed by atoms with E-state index in [2.05, 4.69) is 24.0 Å². The zero-order valence-electron chi connectivity index (χ0n) is 9.70. The molecular formula is C11H21N3. The average molecular weight is 195 g/mol. The Labute approximate surface area is 86.8 Å². The van der Waals surface area contributed by atoms with Crippen LogP contribution in [-0.4, -0.2) is 48.8 Å². The van der Waals surface area contributed by atoms with Crippen molar-refractivity contribution in [2.45, 2.75) is 38.3 Å². The fourth-order valence-corrected chi connectivity index (χ4v) is 2.93. The zero-order chi connectivity index (χ0) is 10.3. The number of fused-ring (bicyclic) bond motifs is 2. The summed E-state index contributed by atoms with van der Waals surface area (Å²) in [6.07, 6.45) is 3.89. The second-order valence-electron chi connectivity index (χ2n) is 4.90. The Morgan fingerprint density at radius 3 is 2.71 bits per heavy atom. The molecule has 0 saturated carbocycles. The average Bonchev–Trinajstić information content (AvgIpc) is 2.36. The molecule has 3 nitrogen and oxygen atoms in total. The molecule has 2 saturated heterocycles. The van der Waals surface area contributed by atoms with Gasteiger partial charge in [0.15, 0.2) is 0 Å². The monoisotopic (exact) mass is 195 g/mol. The summed E-state index contributed by atoms with van der Waals surface area (Å²) < 4.78 is 0. The van der Waals surface area contributed by atoms with Crippen LogP contribution in [0.3, 0.4) is 0 Å². The standard InChI is InChI=1S/C11H21N3/c1-8-10(12-13(2)3)7-9-5-6-11(8)14(9)4/h8-9,11H,5-7H2,1-4H3/b12-10+/t8?,9-,11+/m1/s1. The lowest BCUT2D eigenvalue weighted by atomic mass is 9.90. The van der Waals surface area contributed by atoms with Crippen LogP contribution in [0, 0.1) is 5.92 Å². The molecule has 3 atom stereocenters. The molecule has 2 aliphatic heterocycles. The molecule has 0 radical (unpaired) electrons. The Bertz CT molecular complexity index is 247. The van der Waals surface area contributed by atoms with Gasteiger partial charge in [0.1, 0.15) is 0 Å². The third kappa shape index (κ3) is 1.54. The third-order valence-electron chi connectivity index (χ3n) is 3.77. The van der Waals surface area contributed by atoms with Gasteiger partial charge in [-0.2, -0.15) is 5.10 Å². The molecule has 3 heteroatoms. The molecule has 0 amide bonds. The van der Waals surface area contributed by atoms with Gasteiger partial charge in [0.05, 0.1) is 0 Å². The van der Waals surface area contributed by atoms with Crippen LogP contribution in [0.15, 0.2) is 5.10 Å². The summed E-state index contributed by atoms with van der Waals surface area (Å²) in [4.78, 5) is 2.55. The minimum absolute atomic E-state index is 0.640. The molecule has 2 fully saturated rings. The van der Waals surface area contributed by atoms with E-state index < -0.39 is 0 Å². The molecule has 2 aliphatic rings. The lowest BCUT2D eigenvalue weighted by molar-refractivity contribution is 0.194. The van der Waals surface area contributed by atoms with Crippen LogP contribution in [0.5, 0.6) is 0 Å². The summed E-state index contributed by atoms with van der Waals surface area (Å²) in [5.41, 5.74) is 1.40. The molecule has 2 heterocycles. The van der Waals surface area contributed by atoms with Gasteiger partial charge in [-0.25, -0.2) is 0 Å². The van der Waals surface area contributed by atoms with Gasteiger partial charge in [-0.15, -0.1) is 0 Å². The predicted molar refractivity (Wildman–Crippen MR) is 59.5 cm³/mol. The molecule has 0 aliphatic carbocycles. The van der Waals surface area contributed by atoms with Crippen LogP contribution in [0.1, 0.15) is 26.2 Å². The highest BCUT2D eigenvalue weighted by atomic mass is 15.4. The molecule has 2 rings (SSSR count). The molecule has 0 spiro atoms. The quantitative estimate of drug-likeness (QED) is 0.589. The van der Waals surface area contributed by atoms with Crippen LogP contribution in [0.2, 0.25) is 0 Å². The number of hydrogen-bond acceptors (Lipinski definition) is 3. The van der Waals surface area contributed by atoms with E-state index in [1.807, 2.05) is 19.1 Å². The summed E-state index contributed by atoms with van der Waals surface area (Å²) in [6, 6.07) is 1.50. The minimum Gasteiger partial charge on any atom is -0.303 e. The number of rotatable bonds is 1. The van der Waals surface area contributed by atoms with Crippen molar-refractivity contribution < 1.29 is 0 Å². The minimum atomic E-state index is 0.640. The first-order valence-electron chi connectivity index (χ1n) is 5.56. The van der Waals surface area contributed by atoms with Gasteiger partial charge in [0.2, 0.25) is 0 Å². The first-order chi connectivity index (χ1) is 6.59. The number of nitrogens with zero attached hydrogens (tertiary/aromatic N) is 3. The fraction of sp³-hybridized carbons (Fsp3) is 0.909. The molecular weight excluding hydrogens is 174 g/mol. The van der Waals surface area contributed by atoms with E-state index in [0.717, 1.165) is 12.1 Å². The number of hydrazone groups is 1. The SMILES string of the molecule is CC1/C(=N/N(C)C)C[C@H]2CC[C@@H]1N2C. The Balaban J connectivity index is 2.17.